The van der Waals surface area contributed by atoms with Gasteiger partial charge in [0, 0.05) is 0 Å². The Morgan fingerprint density at radius 1 is 1.43 bits per heavy atom. The molecule has 14 heavy (non-hydrogen) atoms. The lowest BCUT2D eigenvalue weighted by molar-refractivity contribution is -0.113. The molecule has 0 saturated heterocycles. The van der Waals surface area contributed by atoms with Crippen LogP contribution in [0.4, 0.5) is 0 Å². The Kier molecular flexibility index (Phi) is 5.56. The zero-order chi connectivity index (χ0) is 11.1. The van der Waals surface area contributed by atoms with Crippen LogP contribution in [0.3, 0.4) is 0 Å². The van der Waals surface area contributed by atoms with E-state index in [1.807, 2.05) is 6.92 Å². The van der Waals surface area contributed by atoms with Gasteiger partial charge in [-0.05, 0) is 38.0 Å². The number of carbonyl (C=O) groups is 1. The molecular formula is C11H17NO2. The summed E-state index contributed by atoms with van der Waals surface area (Å²) in [4.78, 5) is 15.6. The van der Waals surface area contributed by atoms with Crippen LogP contribution in [0.15, 0.2) is 35.6 Å². The molecule has 2 N–H and O–H groups in total. The minimum atomic E-state index is -0.00457. The first-order valence-electron chi connectivity index (χ1n) is 4.46. The van der Waals surface area contributed by atoms with Crippen molar-refractivity contribution in [3.8, 4) is 0 Å². The van der Waals surface area contributed by atoms with E-state index in [4.69, 9.17) is 5.90 Å². The van der Waals surface area contributed by atoms with Crippen LogP contribution in [0.5, 0.6) is 0 Å². The second kappa shape index (κ2) is 6.16. The van der Waals surface area contributed by atoms with Crippen molar-refractivity contribution in [3.63, 3.8) is 0 Å². The Morgan fingerprint density at radius 2 is 2.00 bits per heavy atom. The molecule has 0 aliphatic heterocycles. The molecule has 0 unspecified atom stereocenters. The summed E-state index contributed by atoms with van der Waals surface area (Å²) in [5.41, 5.74) is 1.50. The molecule has 0 amide bonds. The van der Waals surface area contributed by atoms with E-state index in [0.717, 1.165) is 12.0 Å². The van der Waals surface area contributed by atoms with Crippen molar-refractivity contribution in [1.29, 1.82) is 0 Å². The maximum Gasteiger partial charge on any atom is 0.155 e. The Bertz CT molecular complexity index is 288. The minimum absolute atomic E-state index is 0.00457. The first kappa shape index (κ1) is 12.7. The zero-order valence-electron chi connectivity index (χ0n) is 8.96. The van der Waals surface area contributed by atoms with Crippen molar-refractivity contribution in [2.75, 3.05) is 0 Å². The summed E-state index contributed by atoms with van der Waals surface area (Å²) in [6.45, 7) is 8.97. The van der Waals surface area contributed by atoms with Crippen LogP contribution in [0.1, 0.15) is 27.2 Å². The van der Waals surface area contributed by atoms with E-state index < -0.39 is 0 Å². The van der Waals surface area contributed by atoms with Crippen LogP contribution >= 0.6 is 0 Å². The van der Waals surface area contributed by atoms with Crippen LogP contribution < -0.4 is 5.90 Å². The molecule has 0 heterocycles. The van der Waals surface area contributed by atoms with Crippen molar-refractivity contribution in [3.05, 3.63) is 35.6 Å². The molecular weight excluding hydrogens is 178 g/mol. The number of hydrogen-bond acceptors (Lipinski definition) is 3. The Labute approximate surface area is 84.9 Å². The lowest BCUT2D eigenvalue weighted by atomic mass is 10.1. The fraction of sp³-hybridized carbons (Fsp3) is 0.364. The lowest BCUT2D eigenvalue weighted by Crippen LogP contribution is -2.00. The highest BCUT2D eigenvalue weighted by atomic mass is 16.6. The Morgan fingerprint density at radius 3 is 2.36 bits per heavy atom. The standard InChI is InChI=1S/C11H17NO2/c1-5-8(2)6-11(14-12)7-9(3)10(4)13/h6-7H,2,5,12H2,1,3-4H3/b9-7+,11-6+. The van der Waals surface area contributed by atoms with Gasteiger partial charge in [-0.3, -0.25) is 4.79 Å². The van der Waals surface area contributed by atoms with E-state index in [0.29, 0.717) is 11.3 Å². The predicted octanol–water partition coefficient (Wildman–Crippen LogP) is 2.26. The fourth-order valence-corrected chi connectivity index (χ4v) is 0.728. The molecule has 0 bridgehead atoms. The van der Waals surface area contributed by atoms with Gasteiger partial charge in [-0.1, -0.05) is 19.1 Å². The molecule has 0 spiro atoms. The fourth-order valence-electron chi connectivity index (χ4n) is 0.728. The molecule has 0 aliphatic carbocycles. The van der Waals surface area contributed by atoms with Gasteiger partial charge < -0.3 is 4.84 Å². The van der Waals surface area contributed by atoms with Gasteiger partial charge in [0.15, 0.2) is 5.78 Å². The molecule has 0 atom stereocenters. The van der Waals surface area contributed by atoms with Gasteiger partial charge >= 0.3 is 0 Å². The smallest absolute Gasteiger partial charge is 0.155 e. The SMILES string of the molecule is C=C(/C=C(\C=C(/C)C(C)=O)ON)CC. The highest BCUT2D eigenvalue weighted by Gasteiger charge is 1.99. The van der Waals surface area contributed by atoms with Crippen LogP contribution in [0, 0.1) is 0 Å². The summed E-state index contributed by atoms with van der Waals surface area (Å²) < 4.78 is 0. The maximum atomic E-state index is 10.9. The number of nitrogens with two attached hydrogens (primary N) is 1. The van der Waals surface area contributed by atoms with Crippen LogP contribution in [0.25, 0.3) is 0 Å². The maximum absolute atomic E-state index is 10.9. The monoisotopic (exact) mass is 195 g/mol. The van der Waals surface area contributed by atoms with Crippen LogP contribution in [-0.2, 0) is 9.63 Å². The largest absolute Gasteiger partial charge is 0.412 e. The molecule has 0 aromatic carbocycles. The molecule has 0 aromatic heterocycles. The molecule has 0 radical (unpaired) electrons. The summed E-state index contributed by atoms with van der Waals surface area (Å²) in [5.74, 6) is 5.50. The molecule has 0 saturated carbocycles. The molecule has 3 heteroatoms. The number of ketones is 1. The highest BCUT2D eigenvalue weighted by Crippen LogP contribution is 2.08. The van der Waals surface area contributed by atoms with Crippen LogP contribution in [0.2, 0.25) is 0 Å². The van der Waals surface area contributed by atoms with Gasteiger partial charge in [0.25, 0.3) is 0 Å². The first-order valence-corrected chi connectivity index (χ1v) is 4.46. The third-order valence-electron chi connectivity index (χ3n) is 1.85. The average molecular weight is 195 g/mol. The lowest BCUT2D eigenvalue weighted by Gasteiger charge is -2.01. The van der Waals surface area contributed by atoms with Crippen LogP contribution in [-0.4, -0.2) is 5.78 Å². The summed E-state index contributed by atoms with van der Waals surface area (Å²) in [5, 5.41) is 0. The van der Waals surface area contributed by atoms with Crippen molar-refractivity contribution >= 4 is 5.78 Å². The summed E-state index contributed by atoms with van der Waals surface area (Å²) in [6, 6.07) is 0. The molecule has 0 aliphatic rings. The van der Waals surface area contributed by atoms with Crippen molar-refractivity contribution < 1.29 is 9.63 Å². The average Bonchev–Trinajstić information content (AvgIpc) is 2.16. The number of allylic oxidation sites excluding steroid dienone is 4. The van der Waals surface area contributed by atoms with Gasteiger partial charge in [0.1, 0.15) is 5.76 Å². The van der Waals surface area contributed by atoms with Gasteiger partial charge in [-0.2, -0.15) is 5.90 Å². The number of carbonyl (C=O) groups excluding carboxylic acids is 1. The highest BCUT2D eigenvalue weighted by molar-refractivity contribution is 5.93. The molecule has 0 rings (SSSR count). The molecule has 3 nitrogen and oxygen atoms in total. The van der Waals surface area contributed by atoms with E-state index in [1.165, 1.54) is 6.92 Å². The molecule has 0 aromatic rings. The molecule has 78 valence electrons. The van der Waals surface area contributed by atoms with Crippen molar-refractivity contribution in [1.82, 2.24) is 0 Å². The van der Waals surface area contributed by atoms with Crippen molar-refractivity contribution in [2.24, 2.45) is 5.90 Å². The third-order valence-corrected chi connectivity index (χ3v) is 1.85. The van der Waals surface area contributed by atoms with Gasteiger partial charge in [0.2, 0.25) is 0 Å². The van der Waals surface area contributed by atoms with Gasteiger partial charge in [0.05, 0.1) is 0 Å². The van der Waals surface area contributed by atoms with E-state index >= 15 is 0 Å². The van der Waals surface area contributed by atoms with E-state index in [2.05, 4.69) is 11.4 Å². The Hall–Kier alpha value is -1.35. The first-order chi connectivity index (χ1) is 6.51. The van der Waals surface area contributed by atoms with Gasteiger partial charge in [-0.15, -0.1) is 0 Å². The topological polar surface area (TPSA) is 52.3 Å². The quantitative estimate of drug-likeness (QED) is 0.317. The second-order valence-corrected chi connectivity index (χ2v) is 3.06. The third kappa shape index (κ3) is 4.62. The van der Waals surface area contributed by atoms with E-state index in [9.17, 15) is 4.79 Å². The number of rotatable bonds is 5. The Balaban J connectivity index is 4.75. The molecule has 0 fully saturated rings. The minimum Gasteiger partial charge on any atom is -0.412 e. The van der Waals surface area contributed by atoms with E-state index in [-0.39, 0.29) is 5.78 Å². The normalized spacial score (nSPS) is 12.6. The summed E-state index contributed by atoms with van der Waals surface area (Å²) in [7, 11) is 0. The van der Waals surface area contributed by atoms with Crippen molar-refractivity contribution in [2.45, 2.75) is 27.2 Å². The summed E-state index contributed by atoms with van der Waals surface area (Å²) >= 11 is 0. The number of hydrogen-bond donors (Lipinski definition) is 1. The summed E-state index contributed by atoms with van der Waals surface area (Å²) in [6.07, 6.45) is 4.13. The zero-order valence-corrected chi connectivity index (χ0v) is 8.96. The van der Waals surface area contributed by atoms with E-state index in [1.54, 1.807) is 19.1 Å². The number of Topliss-reactive ketones (excluding diaryl/α,β-unsaturated/α-hetero) is 1. The van der Waals surface area contributed by atoms with Gasteiger partial charge in [-0.25, -0.2) is 0 Å². The second-order valence-electron chi connectivity index (χ2n) is 3.06. The predicted molar refractivity (Wildman–Crippen MR) is 57.2 cm³/mol.